The van der Waals surface area contributed by atoms with Gasteiger partial charge < -0.3 is 20.5 Å². The molecule has 0 aliphatic carbocycles. The number of rotatable bonds is 8. The third-order valence-electron chi connectivity index (χ3n) is 3.07. The summed E-state index contributed by atoms with van der Waals surface area (Å²) >= 11 is 0. The molecule has 3 N–H and O–H groups in total. The van der Waals surface area contributed by atoms with Crippen LogP contribution in [-0.4, -0.2) is 41.9 Å². The minimum atomic E-state index is -0.631. The van der Waals surface area contributed by atoms with Crippen LogP contribution >= 0.6 is 0 Å². The van der Waals surface area contributed by atoms with Gasteiger partial charge in [-0.25, -0.2) is 4.79 Å². The van der Waals surface area contributed by atoms with Crippen LogP contribution in [0.5, 0.6) is 0 Å². The van der Waals surface area contributed by atoms with E-state index in [1.165, 1.54) is 0 Å². The Kier molecular flexibility index (Phi) is 9.56. The van der Waals surface area contributed by atoms with Gasteiger partial charge in [-0.2, -0.15) is 0 Å². The second-order valence-corrected chi connectivity index (χ2v) is 6.97. The molecule has 0 fully saturated rings. The zero-order chi connectivity index (χ0) is 18.0. The molecule has 0 saturated heterocycles. The number of aliphatic hydroxyl groups is 1. The van der Waals surface area contributed by atoms with Crippen molar-refractivity contribution >= 4 is 12.0 Å². The molecule has 0 bridgehead atoms. The molecule has 23 heavy (non-hydrogen) atoms. The summed E-state index contributed by atoms with van der Waals surface area (Å²) in [5.41, 5.74) is 0.260. The number of allylic oxidation sites excluding steroid dienone is 1. The summed E-state index contributed by atoms with van der Waals surface area (Å²) in [5.74, 6) is 0.0159. The predicted octanol–water partition coefficient (Wildman–Crippen LogP) is 2.37. The Morgan fingerprint density at radius 3 is 2.30 bits per heavy atom. The third kappa shape index (κ3) is 10.7. The molecule has 6 heteroatoms. The smallest absolute Gasteiger partial charge is 0.408 e. The Morgan fingerprint density at radius 2 is 1.87 bits per heavy atom. The first-order valence-corrected chi connectivity index (χ1v) is 8.11. The van der Waals surface area contributed by atoms with E-state index in [4.69, 9.17) is 9.84 Å². The molecule has 0 aromatic rings. The molecule has 0 aliphatic rings. The highest BCUT2D eigenvalue weighted by Crippen LogP contribution is 2.09. The van der Waals surface area contributed by atoms with Crippen LogP contribution in [-0.2, 0) is 9.53 Å². The van der Waals surface area contributed by atoms with Crippen molar-refractivity contribution in [2.24, 2.45) is 5.92 Å². The van der Waals surface area contributed by atoms with E-state index < -0.39 is 17.7 Å². The van der Waals surface area contributed by atoms with Gasteiger partial charge in [0.1, 0.15) is 11.6 Å². The van der Waals surface area contributed by atoms with E-state index in [1.807, 2.05) is 26.8 Å². The maximum absolute atomic E-state index is 12.3. The molecule has 0 unspecified atom stereocenters. The van der Waals surface area contributed by atoms with Crippen molar-refractivity contribution in [3.63, 3.8) is 0 Å². The van der Waals surface area contributed by atoms with E-state index in [0.717, 1.165) is 5.57 Å². The van der Waals surface area contributed by atoms with Crippen LogP contribution in [0.2, 0.25) is 0 Å². The van der Waals surface area contributed by atoms with Gasteiger partial charge in [0.25, 0.3) is 0 Å². The first kappa shape index (κ1) is 21.4. The maximum atomic E-state index is 12.3. The van der Waals surface area contributed by atoms with Crippen LogP contribution in [0.4, 0.5) is 4.79 Å². The quantitative estimate of drug-likeness (QED) is 0.597. The average molecular weight is 328 g/mol. The van der Waals surface area contributed by atoms with E-state index in [2.05, 4.69) is 10.6 Å². The Bertz CT molecular complexity index is 411. The average Bonchev–Trinajstić information content (AvgIpc) is 2.40. The van der Waals surface area contributed by atoms with E-state index in [9.17, 15) is 9.59 Å². The van der Waals surface area contributed by atoms with Crippen molar-refractivity contribution in [3.05, 3.63) is 11.6 Å². The monoisotopic (exact) mass is 328 g/mol. The summed E-state index contributed by atoms with van der Waals surface area (Å²) in [6.07, 6.45) is 2.35. The number of carbonyl (C=O) groups excluding carboxylic acids is 2. The van der Waals surface area contributed by atoms with E-state index in [1.54, 1.807) is 20.8 Å². The molecule has 0 spiro atoms. The molecule has 134 valence electrons. The van der Waals surface area contributed by atoms with Gasteiger partial charge in [0.05, 0.1) is 6.61 Å². The zero-order valence-corrected chi connectivity index (χ0v) is 15.2. The molecule has 2 amide bonds. The van der Waals surface area contributed by atoms with Crippen molar-refractivity contribution in [3.8, 4) is 0 Å². The minimum Gasteiger partial charge on any atom is -0.444 e. The van der Waals surface area contributed by atoms with Crippen LogP contribution in [0, 0.1) is 5.92 Å². The van der Waals surface area contributed by atoms with Crippen molar-refractivity contribution in [2.45, 2.75) is 66.0 Å². The molecule has 0 saturated carbocycles. The fourth-order valence-corrected chi connectivity index (χ4v) is 1.94. The highest BCUT2D eigenvalue weighted by molar-refractivity contribution is 5.85. The molecule has 0 rings (SSSR count). The highest BCUT2D eigenvalue weighted by atomic mass is 16.6. The largest absolute Gasteiger partial charge is 0.444 e. The lowest BCUT2D eigenvalue weighted by molar-refractivity contribution is -0.123. The summed E-state index contributed by atoms with van der Waals surface area (Å²) < 4.78 is 5.21. The molecule has 1 atom stereocenters. The molecular formula is C17H32N2O4. The van der Waals surface area contributed by atoms with Gasteiger partial charge in [0.15, 0.2) is 0 Å². The molecule has 0 aliphatic heterocycles. The van der Waals surface area contributed by atoms with Crippen molar-refractivity contribution < 1.29 is 19.4 Å². The molecular weight excluding hydrogens is 296 g/mol. The number of hydrogen-bond acceptors (Lipinski definition) is 4. The lowest BCUT2D eigenvalue weighted by Crippen LogP contribution is -2.49. The van der Waals surface area contributed by atoms with Crippen LogP contribution in [0.15, 0.2) is 11.6 Å². The Balaban J connectivity index is 4.58. The first-order valence-electron chi connectivity index (χ1n) is 8.11. The third-order valence-corrected chi connectivity index (χ3v) is 3.07. The van der Waals surface area contributed by atoms with E-state index >= 15 is 0 Å². The van der Waals surface area contributed by atoms with Crippen molar-refractivity contribution in [1.29, 1.82) is 0 Å². The molecule has 0 radical (unpaired) electrons. The van der Waals surface area contributed by atoms with Crippen LogP contribution in [0.25, 0.3) is 0 Å². The van der Waals surface area contributed by atoms with Gasteiger partial charge in [-0.05, 0) is 52.0 Å². The summed E-state index contributed by atoms with van der Waals surface area (Å²) in [6, 6.07) is -0.631. The summed E-state index contributed by atoms with van der Waals surface area (Å²) in [7, 11) is 0. The van der Waals surface area contributed by atoms with Crippen molar-refractivity contribution in [1.82, 2.24) is 10.6 Å². The Morgan fingerprint density at radius 1 is 1.26 bits per heavy atom. The summed E-state index contributed by atoms with van der Waals surface area (Å²) in [6.45, 7) is 11.6. The van der Waals surface area contributed by atoms with Crippen LogP contribution in [0.1, 0.15) is 54.4 Å². The normalized spacial score (nSPS) is 13.7. The standard InChI is InChI=1S/C17H32N2O4/c1-7-13(11-20)8-9-18-15(21)14(10-12(2)3)19-16(22)23-17(4,5)6/h7,12,14,20H,8-11H2,1-6H3,(H,18,21)(H,19,22)/b13-7-/t14-/m0/s1. The fraction of sp³-hybridized carbons (Fsp3) is 0.765. The fourth-order valence-electron chi connectivity index (χ4n) is 1.94. The Labute approximate surface area is 139 Å². The predicted molar refractivity (Wildman–Crippen MR) is 91.1 cm³/mol. The van der Waals surface area contributed by atoms with Gasteiger partial charge in [0, 0.05) is 6.54 Å². The minimum absolute atomic E-state index is 0.0159. The number of carbonyl (C=O) groups is 2. The SMILES string of the molecule is C/C=C(\CO)CCNC(=O)[C@H](CC(C)C)NC(=O)OC(C)(C)C. The maximum Gasteiger partial charge on any atom is 0.408 e. The lowest BCUT2D eigenvalue weighted by Gasteiger charge is -2.24. The van der Waals surface area contributed by atoms with Gasteiger partial charge in [-0.15, -0.1) is 0 Å². The van der Waals surface area contributed by atoms with Gasteiger partial charge in [0.2, 0.25) is 5.91 Å². The Hall–Kier alpha value is -1.56. The molecule has 0 aromatic heterocycles. The number of ether oxygens (including phenoxy) is 1. The lowest BCUT2D eigenvalue weighted by atomic mass is 10.0. The highest BCUT2D eigenvalue weighted by Gasteiger charge is 2.24. The van der Waals surface area contributed by atoms with E-state index in [-0.39, 0.29) is 18.4 Å². The van der Waals surface area contributed by atoms with Crippen LogP contribution in [0.3, 0.4) is 0 Å². The van der Waals surface area contributed by atoms with E-state index in [0.29, 0.717) is 19.4 Å². The second-order valence-electron chi connectivity index (χ2n) is 6.97. The van der Waals surface area contributed by atoms with Gasteiger partial charge >= 0.3 is 6.09 Å². The summed E-state index contributed by atoms with van der Waals surface area (Å²) in [4.78, 5) is 24.1. The zero-order valence-electron chi connectivity index (χ0n) is 15.2. The van der Waals surface area contributed by atoms with Gasteiger partial charge in [-0.3, -0.25) is 4.79 Å². The second kappa shape index (κ2) is 10.3. The number of alkyl carbamates (subject to hydrolysis) is 1. The topological polar surface area (TPSA) is 87.7 Å². The van der Waals surface area contributed by atoms with Gasteiger partial charge in [-0.1, -0.05) is 19.9 Å². The number of hydrogen-bond donors (Lipinski definition) is 3. The number of amides is 2. The summed E-state index contributed by atoms with van der Waals surface area (Å²) in [5, 5.41) is 14.5. The molecule has 0 heterocycles. The number of nitrogens with one attached hydrogen (secondary N) is 2. The number of aliphatic hydroxyl groups excluding tert-OH is 1. The first-order chi connectivity index (χ1) is 10.6. The van der Waals surface area contributed by atoms with Crippen LogP contribution < -0.4 is 10.6 Å². The molecule has 0 aromatic carbocycles. The van der Waals surface area contributed by atoms with Crippen molar-refractivity contribution in [2.75, 3.05) is 13.2 Å². The molecule has 6 nitrogen and oxygen atoms in total.